The van der Waals surface area contributed by atoms with Crippen LogP contribution in [0.5, 0.6) is 0 Å². The zero-order valence-corrected chi connectivity index (χ0v) is 19.1. The van der Waals surface area contributed by atoms with Gasteiger partial charge in [0.15, 0.2) is 5.16 Å². The quantitative estimate of drug-likeness (QED) is 0.288. The van der Waals surface area contributed by atoms with Crippen LogP contribution in [0.2, 0.25) is 0 Å². The molecule has 1 amide bonds. The highest BCUT2D eigenvalue weighted by molar-refractivity contribution is 7.99. The average Bonchev–Trinajstić information content (AvgIpc) is 3.37. The third kappa shape index (κ3) is 4.39. The SMILES string of the molecule is CCCCn1c(SCC(=O)N(CC#N)c2ccccc2)nc2sc3c(c2c1=O)CCC3. The fourth-order valence-corrected chi connectivity index (χ4v) is 6.09. The smallest absolute Gasteiger partial charge is 0.263 e. The van der Waals surface area contributed by atoms with Crippen LogP contribution < -0.4 is 10.5 Å². The zero-order valence-electron chi connectivity index (χ0n) is 17.5. The molecular formula is C23H24N4O2S2. The van der Waals surface area contributed by atoms with E-state index in [4.69, 9.17) is 4.98 Å². The van der Waals surface area contributed by atoms with E-state index in [0.717, 1.165) is 42.3 Å². The summed E-state index contributed by atoms with van der Waals surface area (Å²) in [4.78, 5) is 34.6. The van der Waals surface area contributed by atoms with Crippen LogP contribution in [0, 0.1) is 11.3 Å². The van der Waals surface area contributed by atoms with Gasteiger partial charge < -0.3 is 0 Å². The van der Waals surface area contributed by atoms with E-state index in [9.17, 15) is 14.9 Å². The summed E-state index contributed by atoms with van der Waals surface area (Å²) < 4.78 is 1.74. The number of thioether (sulfide) groups is 1. The molecule has 0 aliphatic heterocycles. The van der Waals surface area contributed by atoms with Crippen LogP contribution in [0.4, 0.5) is 5.69 Å². The maximum absolute atomic E-state index is 13.4. The molecule has 2 aromatic heterocycles. The van der Waals surface area contributed by atoms with E-state index in [1.165, 1.54) is 27.1 Å². The van der Waals surface area contributed by atoms with Gasteiger partial charge in [0.1, 0.15) is 11.4 Å². The molecule has 3 aromatic rings. The summed E-state index contributed by atoms with van der Waals surface area (Å²) in [5.74, 6) is -0.0612. The molecule has 6 nitrogen and oxygen atoms in total. The maximum atomic E-state index is 13.4. The number of anilines is 1. The number of hydrogen-bond acceptors (Lipinski definition) is 6. The number of carbonyl (C=O) groups excluding carboxylic acids is 1. The lowest BCUT2D eigenvalue weighted by Crippen LogP contribution is -2.33. The van der Waals surface area contributed by atoms with Gasteiger partial charge in [0.25, 0.3) is 5.56 Å². The molecule has 0 unspecified atom stereocenters. The van der Waals surface area contributed by atoms with E-state index in [1.54, 1.807) is 15.9 Å². The Morgan fingerprint density at radius 2 is 2.13 bits per heavy atom. The lowest BCUT2D eigenvalue weighted by Gasteiger charge is -2.20. The third-order valence-corrected chi connectivity index (χ3v) is 7.59. The van der Waals surface area contributed by atoms with Crippen molar-refractivity contribution in [1.29, 1.82) is 5.26 Å². The molecule has 0 atom stereocenters. The molecule has 0 spiro atoms. The first-order chi connectivity index (χ1) is 15.1. The van der Waals surface area contributed by atoms with Crippen LogP contribution in [0.1, 0.15) is 36.6 Å². The molecule has 1 aliphatic carbocycles. The topological polar surface area (TPSA) is 79.0 Å². The molecule has 0 bridgehead atoms. The first-order valence-corrected chi connectivity index (χ1v) is 12.3. The third-order valence-electron chi connectivity index (χ3n) is 5.45. The maximum Gasteiger partial charge on any atom is 0.263 e. The van der Waals surface area contributed by atoms with Crippen molar-refractivity contribution >= 4 is 44.9 Å². The van der Waals surface area contributed by atoms with Crippen molar-refractivity contribution in [3.05, 3.63) is 51.1 Å². The van der Waals surface area contributed by atoms with Crippen molar-refractivity contribution in [1.82, 2.24) is 9.55 Å². The summed E-state index contributed by atoms with van der Waals surface area (Å²) in [6.45, 7) is 2.67. The molecule has 160 valence electrons. The van der Waals surface area contributed by atoms with E-state index in [-0.39, 0.29) is 23.8 Å². The molecule has 1 aromatic carbocycles. The van der Waals surface area contributed by atoms with Gasteiger partial charge in [-0.1, -0.05) is 43.3 Å². The summed E-state index contributed by atoms with van der Waals surface area (Å²) in [6, 6.07) is 11.2. The number of fused-ring (bicyclic) bond motifs is 3. The van der Waals surface area contributed by atoms with Crippen LogP contribution >= 0.6 is 23.1 Å². The van der Waals surface area contributed by atoms with Gasteiger partial charge in [0, 0.05) is 17.1 Å². The molecule has 31 heavy (non-hydrogen) atoms. The van der Waals surface area contributed by atoms with Crippen molar-refractivity contribution in [2.24, 2.45) is 0 Å². The fourth-order valence-electron chi connectivity index (χ4n) is 3.89. The molecule has 0 saturated heterocycles. The van der Waals surface area contributed by atoms with Gasteiger partial charge >= 0.3 is 0 Å². The van der Waals surface area contributed by atoms with Gasteiger partial charge in [-0.2, -0.15) is 5.26 Å². The number of para-hydroxylation sites is 1. The Hall–Kier alpha value is -2.63. The zero-order chi connectivity index (χ0) is 21.8. The van der Waals surface area contributed by atoms with E-state index in [0.29, 0.717) is 17.4 Å². The Morgan fingerprint density at radius 3 is 2.87 bits per heavy atom. The van der Waals surface area contributed by atoms with Crippen molar-refractivity contribution in [3.8, 4) is 6.07 Å². The largest absolute Gasteiger partial charge is 0.298 e. The number of hydrogen-bond donors (Lipinski definition) is 0. The van der Waals surface area contributed by atoms with Gasteiger partial charge in [-0.25, -0.2) is 4.98 Å². The molecular weight excluding hydrogens is 428 g/mol. The Morgan fingerprint density at radius 1 is 1.32 bits per heavy atom. The number of amides is 1. The van der Waals surface area contributed by atoms with Crippen molar-refractivity contribution < 1.29 is 4.79 Å². The van der Waals surface area contributed by atoms with Gasteiger partial charge in [0.2, 0.25) is 5.91 Å². The monoisotopic (exact) mass is 452 g/mol. The Balaban J connectivity index is 1.63. The number of aryl methyl sites for hydroxylation is 2. The first-order valence-electron chi connectivity index (χ1n) is 10.5. The summed E-state index contributed by atoms with van der Waals surface area (Å²) in [5.41, 5.74) is 1.89. The number of nitrogens with zero attached hydrogens (tertiary/aromatic N) is 4. The number of benzene rings is 1. The van der Waals surface area contributed by atoms with E-state index >= 15 is 0 Å². The molecule has 8 heteroatoms. The van der Waals surface area contributed by atoms with E-state index in [1.807, 2.05) is 30.3 Å². The van der Waals surface area contributed by atoms with Crippen LogP contribution in [-0.4, -0.2) is 27.8 Å². The number of unbranched alkanes of at least 4 members (excludes halogenated alkanes) is 1. The van der Waals surface area contributed by atoms with Crippen LogP contribution in [0.3, 0.4) is 0 Å². The van der Waals surface area contributed by atoms with Crippen LogP contribution in [0.25, 0.3) is 10.2 Å². The predicted molar refractivity (Wildman–Crippen MR) is 126 cm³/mol. The lowest BCUT2D eigenvalue weighted by atomic mass is 10.2. The number of carbonyl (C=O) groups is 1. The highest BCUT2D eigenvalue weighted by Crippen LogP contribution is 2.35. The molecule has 1 aliphatic rings. The number of rotatable bonds is 8. The predicted octanol–water partition coefficient (Wildman–Crippen LogP) is 4.40. The summed E-state index contributed by atoms with van der Waals surface area (Å²) in [6.07, 6.45) is 4.92. The fraction of sp³-hybridized carbons (Fsp3) is 0.391. The van der Waals surface area contributed by atoms with Gasteiger partial charge in [-0.05, 0) is 43.4 Å². The highest BCUT2D eigenvalue weighted by atomic mass is 32.2. The second kappa shape index (κ2) is 9.67. The number of thiophene rings is 1. The van der Waals surface area contributed by atoms with Crippen molar-refractivity contribution in [2.75, 3.05) is 17.2 Å². The lowest BCUT2D eigenvalue weighted by molar-refractivity contribution is -0.116. The molecule has 0 saturated carbocycles. The Bertz CT molecular complexity index is 1190. The van der Waals surface area contributed by atoms with Crippen molar-refractivity contribution in [2.45, 2.75) is 50.7 Å². The molecule has 4 rings (SSSR count). The number of nitriles is 1. The Kier molecular flexibility index (Phi) is 6.73. The Labute approximate surface area is 189 Å². The van der Waals surface area contributed by atoms with Gasteiger partial charge in [-0.15, -0.1) is 11.3 Å². The van der Waals surface area contributed by atoms with E-state index in [2.05, 4.69) is 13.0 Å². The van der Waals surface area contributed by atoms with Gasteiger partial charge in [0.05, 0.1) is 17.2 Å². The average molecular weight is 453 g/mol. The summed E-state index contributed by atoms with van der Waals surface area (Å²) in [5, 5.41) is 10.5. The molecule has 0 fully saturated rings. The highest BCUT2D eigenvalue weighted by Gasteiger charge is 2.24. The second-order valence-corrected chi connectivity index (χ2v) is 9.53. The number of aromatic nitrogens is 2. The molecule has 2 heterocycles. The van der Waals surface area contributed by atoms with Gasteiger partial charge in [-0.3, -0.25) is 19.1 Å². The molecule has 0 N–H and O–H groups in total. The van der Waals surface area contributed by atoms with Crippen molar-refractivity contribution in [3.63, 3.8) is 0 Å². The van der Waals surface area contributed by atoms with E-state index < -0.39 is 0 Å². The molecule has 0 radical (unpaired) electrons. The standard InChI is InChI=1S/C23H24N4O2S2/c1-2-3-13-27-22(29)20-17-10-7-11-18(17)31-21(20)25-23(27)30-15-19(28)26(14-12-24)16-8-5-4-6-9-16/h4-6,8-9H,2-3,7,10-11,13-15H2,1H3. The van der Waals surface area contributed by atoms with Crippen LogP contribution in [-0.2, 0) is 24.2 Å². The van der Waals surface area contributed by atoms with Crippen LogP contribution in [0.15, 0.2) is 40.3 Å². The summed E-state index contributed by atoms with van der Waals surface area (Å²) in [7, 11) is 0. The minimum absolute atomic E-state index is 0.0177. The summed E-state index contributed by atoms with van der Waals surface area (Å²) >= 11 is 2.90. The second-order valence-electron chi connectivity index (χ2n) is 7.50. The normalized spacial score (nSPS) is 12.6. The minimum Gasteiger partial charge on any atom is -0.298 e. The minimum atomic E-state index is -0.178. The first kappa shape index (κ1) is 21.6.